The van der Waals surface area contributed by atoms with Crippen molar-refractivity contribution in [3.63, 3.8) is 0 Å². The minimum absolute atomic E-state index is 0.545. The molecule has 0 radical (unpaired) electrons. The van der Waals surface area contributed by atoms with Gasteiger partial charge in [0, 0.05) is 13.0 Å². The lowest BCUT2D eigenvalue weighted by molar-refractivity contribution is 0.450. The van der Waals surface area contributed by atoms with Crippen molar-refractivity contribution in [2.24, 2.45) is 7.05 Å². The Bertz CT molecular complexity index is 326. The van der Waals surface area contributed by atoms with Crippen molar-refractivity contribution in [2.75, 3.05) is 13.1 Å². The molecule has 1 aliphatic rings. The molecule has 1 aliphatic heterocycles. The van der Waals surface area contributed by atoms with Gasteiger partial charge in [0.15, 0.2) is 0 Å². The predicted molar refractivity (Wildman–Crippen MR) is 57.8 cm³/mol. The van der Waals surface area contributed by atoms with Gasteiger partial charge in [-0.3, -0.25) is 4.68 Å². The van der Waals surface area contributed by atoms with Crippen LogP contribution in [0.2, 0.25) is 5.02 Å². The third-order valence-corrected chi connectivity index (χ3v) is 3.48. The Kier molecular flexibility index (Phi) is 2.79. The van der Waals surface area contributed by atoms with E-state index in [-0.39, 0.29) is 0 Å². The summed E-state index contributed by atoms with van der Waals surface area (Å²) >= 11 is 6.24. The third-order valence-electron chi connectivity index (χ3n) is 3.01. The zero-order valence-corrected chi connectivity index (χ0v) is 9.43. The maximum absolute atomic E-state index is 6.24. The molecule has 1 aromatic rings. The van der Waals surface area contributed by atoms with Crippen molar-refractivity contribution in [2.45, 2.75) is 25.7 Å². The molecule has 0 unspecified atom stereocenters. The van der Waals surface area contributed by atoms with Crippen LogP contribution in [0.25, 0.3) is 0 Å². The SMILES string of the molecule is Cc1c(Cl)c(C2CCNCC2)nn1C. The first-order valence-corrected chi connectivity index (χ1v) is 5.47. The van der Waals surface area contributed by atoms with Crippen molar-refractivity contribution in [1.82, 2.24) is 15.1 Å². The fourth-order valence-electron chi connectivity index (χ4n) is 1.96. The van der Waals surface area contributed by atoms with Gasteiger partial charge in [-0.25, -0.2) is 0 Å². The van der Waals surface area contributed by atoms with Gasteiger partial charge < -0.3 is 5.32 Å². The number of nitrogens with one attached hydrogen (secondary N) is 1. The molecule has 78 valence electrons. The minimum Gasteiger partial charge on any atom is -0.317 e. The summed E-state index contributed by atoms with van der Waals surface area (Å²) in [6, 6.07) is 0. The summed E-state index contributed by atoms with van der Waals surface area (Å²) in [4.78, 5) is 0. The Morgan fingerprint density at radius 1 is 1.43 bits per heavy atom. The number of piperidine rings is 1. The molecule has 1 saturated heterocycles. The smallest absolute Gasteiger partial charge is 0.0849 e. The lowest BCUT2D eigenvalue weighted by atomic mass is 9.94. The number of hydrogen-bond donors (Lipinski definition) is 1. The van der Waals surface area contributed by atoms with E-state index in [1.807, 2.05) is 18.7 Å². The van der Waals surface area contributed by atoms with Crippen LogP contribution in [0.3, 0.4) is 0 Å². The molecule has 1 aromatic heterocycles. The molecule has 2 heterocycles. The Morgan fingerprint density at radius 3 is 2.57 bits per heavy atom. The Hall–Kier alpha value is -0.540. The van der Waals surface area contributed by atoms with Gasteiger partial charge in [-0.15, -0.1) is 0 Å². The van der Waals surface area contributed by atoms with Gasteiger partial charge in [0.25, 0.3) is 0 Å². The van der Waals surface area contributed by atoms with Crippen LogP contribution in [0, 0.1) is 6.92 Å². The van der Waals surface area contributed by atoms with Crippen LogP contribution in [-0.4, -0.2) is 22.9 Å². The standard InChI is InChI=1S/C10H16ClN3/c1-7-9(11)10(13-14(7)2)8-3-5-12-6-4-8/h8,12H,3-6H2,1-2H3. The number of aromatic nitrogens is 2. The summed E-state index contributed by atoms with van der Waals surface area (Å²) in [5, 5.41) is 8.70. The molecule has 0 aliphatic carbocycles. The Morgan fingerprint density at radius 2 is 2.07 bits per heavy atom. The molecule has 2 rings (SSSR count). The van der Waals surface area contributed by atoms with E-state index < -0.39 is 0 Å². The molecule has 0 bridgehead atoms. The van der Waals surface area contributed by atoms with Crippen molar-refractivity contribution < 1.29 is 0 Å². The zero-order chi connectivity index (χ0) is 10.1. The summed E-state index contributed by atoms with van der Waals surface area (Å²) in [7, 11) is 1.95. The molecule has 1 N–H and O–H groups in total. The van der Waals surface area contributed by atoms with Crippen LogP contribution in [0.1, 0.15) is 30.1 Å². The topological polar surface area (TPSA) is 29.9 Å². The molecule has 4 heteroatoms. The highest BCUT2D eigenvalue weighted by molar-refractivity contribution is 6.31. The van der Waals surface area contributed by atoms with Gasteiger partial charge in [0.1, 0.15) is 0 Å². The largest absolute Gasteiger partial charge is 0.317 e. The van der Waals surface area contributed by atoms with Crippen LogP contribution in [-0.2, 0) is 7.05 Å². The van der Waals surface area contributed by atoms with E-state index in [0.717, 1.165) is 42.3 Å². The summed E-state index contributed by atoms with van der Waals surface area (Å²) < 4.78 is 1.87. The number of hydrogen-bond acceptors (Lipinski definition) is 2. The first-order valence-electron chi connectivity index (χ1n) is 5.10. The second-order valence-corrected chi connectivity index (χ2v) is 4.31. The van der Waals surface area contributed by atoms with E-state index in [4.69, 9.17) is 11.6 Å². The first-order chi connectivity index (χ1) is 6.70. The molecule has 0 atom stereocenters. The van der Waals surface area contributed by atoms with Crippen molar-refractivity contribution in [3.05, 3.63) is 16.4 Å². The van der Waals surface area contributed by atoms with Crippen molar-refractivity contribution in [3.8, 4) is 0 Å². The fourth-order valence-corrected chi connectivity index (χ4v) is 2.28. The Balaban J connectivity index is 2.26. The highest BCUT2D eigenvalue weighted by atomic mass is 35.5. The second kappa shape index (κ2) is 3.91. The second-order valence-electron chi connectivity index (χ2n) is 3.93. The van der Waals surface area contributed by atoms with Crippen LogP contribution in [0.15, 0.2) is 0 Å². The number of nitrogens with zero attached hydrogens (tertiary/aromatic N) is 2. The van der Waals surface area contributed by atoms with Crippen molar-refractivity contribution >= 4 is 11.6 Å². The average Bonchev–Trinajstić information content (AvgIpc) is 2.47. The summed E-state index contributed by atoms with van der Waals surface area (Å²) in [5.41, 5.74) is 2.16. The van der Waals surface area contributed by atoms with E-state index in [0.29, 0.717) is 5.92 Å². The number of halogens is 1. The van der Waals surface area contributed by atoms with E-state index in [9.17, 15) is 0 Å². The third kappa shape index (κ3) is 1.66. The molecule has 0 saturated carbocycles. The maximum atomic E-state index is 6.24. The minimum atomic E-state index is 0.545. The van der Waals surface area contributed by atoms with Gasteiger partial charge in [-0.1, -0.05) is 11.6 Å². The normalized spacial score (nSPS) is 18.8. The van der Waals surface area contributed by atoms with E-state index in [1.54, 1.807) is 0 Å². The van der Waals surface area contributed by atoms with E-state index in [1.165, 1.54) is 0 Å². The fraction of sp³-hybridized carbons (Fsp3) is 0.700. The molecule has 14 heavy (non-hydrogen) atoms. The molecular weight excluding hydrogens is 198 g/mol. The summed E-state index contributed by atoms with van der Waals surface area (Å²) in [6.07, 6.45) is 2.30. The monoisotopic (exact) mass is 213 g/mol. The quantitative estimate of drug-likeness (QED) is 0.772. The summed E-state index contributed by atoms with van der Waals surface area (Å²) in [5.74, 6) is 0.545. The molecule has 0 amide bonds. The average molecular weight is 214 g/mol. The predicted octanol–water partition coefficient (Wildman–Crippen LogP) is 1.85. The Labute approximate surface area is 89.4 Å². The molecular formula is C10H16ClN3. The van der Waals surface area contributed by atoms with Crippen LogP contribution in [0.5, 0.6) is 0 Å². The number of rotatable bonds is 1. The van der Waals surface area contributed by atoms with Gasteiger partial charge in [-0.2, -0.15) is 5.10 Å². The van der Waals surface area contributed by atoms with Crippen molar-refractivity contribution in [1.29, 1.82) is 0 Å². The van der Waals surface area contributed by atoms with Crippen LogP contribution in [0.4, 0.5) is 0 Å². The highest BCUT2D eigenvalue weighted by Crippen LogP contribution is 2.31. The lowest BCUT2D eigenvalue weighted by Gasteiger charge is -2.21. The lowest BCUT2D eigenvalue weighted by Crippen LogP contribution is -2.27. The zero-order valence-electron chi connectivity index (χ0n) is 8.68. The van der Waals surface area contributed by atoms with E-state index >= 15 is 0 Å². The van der Waals surface area contributed by atoms with Gasteiger partial charge >= 0.3 is 0 Å². The van der Waals surface area contributed by atoms with Crippen LogP contribution >= 0.6 is 11.6 Å². The molecule has 1 fully saturated rings. The first kappa shape index (κ1) is 9.99. The number of aryl methyl sites for hydroxylation is 1. The highest BCUT2D eigenvalue weighted by Gasteiger charge is 2.22. The van der Waals surface area contributed by atoms with Gasteiger partial charge in [0.05, 0.1) is 16.4 Å². The summed E-state index contributed by atoms with van der Waals surface area (Å²) in [6.45, 7) is 4.17. The van der Waals surface area contributed by atoms with Gasteiger partial charge in [-0.05, 0) is 32.9 Å². The van der Waals surface area contributed by atoms with E-state index in [2.05, 4.69) is 10.4 Å². The maximum Gasteiger partial charge on any atom is 0.0849 e. The molecule has 0 spiro atoms. The van der Waals surface area contributed by atoms with Crippen LogP contribution < -0.4 is 5.32 Å². The molecule has 3 nitrogen and oxygen atoms in total. The molecule has 0 aromatic carbocycles. The van der Waals surface area contributed by atoms with Gasteiger partial charge in [0.2, 0.25) is 0 Å².